The van der Waals surface area contributed by atoms with E-state index >= 15 is 0 Å². The molecule has 1 atom stereocenters. The summed E-state index contributed by atoms with van der Waals surface area (Å²) in [5, 5.41) is 8.84. The van der Waals surface area contributed by atoms with Crippen LogP contribution in [0.1, 0.15) is 6.42 Å². The molecule has 0 aliphatic carbocycles. The summed E-state index contributed by atoms with van der Waals surface area (Å²) < 4.78 is 6.00. The van der Waals surface area contributed by atoms with Gasteiger partial charge in [-0.3, -0.25) is 4.79 Å². The maximum Gasteiger partial charge on any atom is 0.228 e. The fraction of sp³-hybridized carbons (Fsp3) is 0.333. The van der Waals surface area contributed by atoms with Crippen molar-refractivity contribution in [3.63, 3.8) is 0 Å². The highest BCUT2D eigenvalue weighted by atomic mass is 79.9. The maximum atomic E-state index is 11.8. The van der Waals surface area contributed by atoms with E-state index in [1.54, 1.807) is 18.1 Å². The monoisotopic (exact) mass is 294 g/mol. The number of ether oxygens (including phenoxy) is 1. The van der Waals surface area contributed by atoms with Gasteiger partial charge in [0.2, 0.25) is 5.91 Å². The van der Waals surface area contributed by atoms with Crippen molar-refractivity contribution in [3.05, 3.63) is 22.7 Å². The first-order chi connectivity index (χ1) is 8.13. The molecule has 0 saturated carbocycles. The van der Waals surface area contributed by atoms with Gasteiger partial charge < -0.3 is 9.64 Å². The number of benzene rings is 1. The first kappa shape index (κ1) is 11.9. The highest BCUT2D eigenvalue weighted by molar-refractivity contribution is 9.10. The van der Waals surface area contributed by atoms with Crippen LogP contribution in [0.15, 0.2) is 22.7 Å². The van der Waals surface area contributed by atoms with Gasteiger partial charge in [0.05, 0.1) is 19.1 Å². The summed E-state index contributed by atoms with van der Waals surface area (Å²) in [5.74, 6) is 0.451. The van der Waals surface area contributed by atoms with Crippen LogP contribution in [0, 0.1) is 17.2 Å². The highest BCUT2D eigenvalue weighted by Gasteiger charge is 2.30. The van der Waals surface area contributed by atoms with Crippen molar-refractivity contribution in [3.8, 4) is 11.8 Å². The van der Waals surface area contributed by atoms with Gasteiger partial charge in [0, 0.05) is 29.2 Å². The van der Waals surface area contributed by atoms with Crippen LogP contribution in [-0.2, 0) is 4.79 Å². The number of methoxy groups -OCH3 is 1. The molecule has 0 radical (unpaired) electrons. The molecule has 1 heterocycles. The third kappa shape index (κ3) is 2.42. The number of hydrogen-bond acceptors (Lipinski definition) is 3. The number of rotatable bonds is 2. The number of nitriles is 1. The molecule has 1 aliphatic heterocycles. The average molecular weight is 295 g/mol. The fourth-order valence-corrected chi connectivity index (χ4v) is 2.33. The molecule has 1 fully saturated rings. The van der Waals surface area contributed by atoms with Crippen LogP contribution in [-0.4, -0.2) is 19.6 Å². The Bertz CT molecular complexity index is 496. The molecule has 0 bridgehead atoms. The fourth-order valence-electron chi connectivity index (χ4n) is 1.87. The minimum absolute atomic E-state index is 0.0169. The lowest BCUT2D eigenvalue weighted by Crippen LogP contribution is -2.24. The number of nitrogens with zero attached hydrogens (tertiary/aromatic N) is 2. The smallest absolute Gasteiger partial charge is 0.228 e. The Morgan fingerprint density at radius 1 is 1.53 bits per heavy atom. The SMILES string of the molecule is COc1cc(Br)cc(N2CC(C#N)CC2=O)c1. The van der Waals surface area contributed by atoms with Gasteiger partial charge in [0.25, 0.3) is 0 Å². The minimum atomic E-state index is -0.215. The van der Waals surface area contributed by atoms with Gasteiger partial charge in [-0.25, -0.2) is 0 Å². The molecule has 1 amide bonds. The van der Waals surface area contributed by atoms with E-state index in [0.717, 1.165) is 10.2 Å². The van der Waals surface area contributed by atoms with Crippen LogP contribution in [0.3, 0.4) is 0 Å². The van der Waals surface area contributed by atoms with Gasteiger partial charge in [-0.15, -0.1) is 0 Å². The molecule has 0 N–H and O–H groups in total. The normalized spacial score (nSPS) is 19.2. The molecular formula is C12H11BrN2O2. The highest BCUT2D eigenvalue weighted by Crippen LogP contribution is 2.31. The molecule has 1 unspecified atom stereocenters. The topological polar surface area (TPSA) is 53.3 Å². The van der Waals surface area contributed by atoms with Crippen molar-refractivity contribution in [1.29, 1.82) is 5.26 Å². The molecular weight excluding hydrogens is 284 g/mol. The summed E-state index contributed by atoms with van der Waals surface area (Å²) in [7, 11) is 1.58. The van der Waals surface area contributed by atoms with Gasteiger partial charge in [-0.2, -0.15) is 5.26 Å². The number of hydrogen-bond donors (Lipinski definition) is 0. The molecule has 0 aromatic heterocycles. The second-order valence-corrected chi connectivity index (χ2v) is 4.80. The summed E-state index contributed by atoms with van der Waals surface area (Å²) in [6, 6.07) is 7.60. The molecule has 1 aromatic carbocycles. The van der Waals surface area contributed by atoms with Gasteiger partial charge in [0.15, 0.2) is 0 Å². The van der Waals surface area contributed by atoms with Crippen LogP contribution in [0.4, 0.5) is 5.69 Å². The van der Waals surface area contributed by atoms with E-state index in [9.17, 15) is 4.79 Å². The molecule has 5 heteroatoms. The Hall–Kier alpha value is -1.54. The molecule has 17 heavy (non-hydrogen) atoms. The number of amides is 1. The Kier molecular flexibility index (Phi) is 3.34. The van der Waals surface area contributed by atoms with E-state index in [1.165, 1.54) is 0 Å². The van der Waals surface area contributed by atoms with Crippen molar-refractivity contribution >= 4 is 27.5 Å². The Morgan fingerprint density at radius 2 is 2.29 bits per heavy atom. The average Bonchev–Trinajstić information content (AvgIpc) is 2.69. The van der Waals surface area contributed by atoms with Crippen molar-refractivity contribution < 1.29 is 9.53 Å². The number of halogens is 1. The standard InChI is InChI=1S/C12H11BrN2O2/c1-17-11-4-9(13)3-10(5-11)15-7-8(6-14)2-12(15)16/h3-5,8H,2,7H2,1H3. The van der Waals surface area contributed by atoms with E-state index in [2.05, 4.69) is 22.0 Å². The van der Waals surface area contributed by atoms with Gasteiger partial charge in [-0.1, -0.05) is 15.9 Å². The van der Waals surface area contributed by atoms with Crippen molar-refractivity contribution in [2.45, 2.75) is 6.42 Å². The number of anilines is 1. The Morgan fingerprint density at radius 3 is 2.88 bits per heavy atom. The molecule has 4 nitrogen and oxygen atoms in total. The van der Waals surface area contributed by atoms with E-state index in [4.69, 9.17) is 10.00 Å². The quantitative estimate of drug-likeness (QED) is 0.841. The maximum absolute atomic E-state index is 11.8. The molecule has 2 rings (SSSR count). The predicted molar refractivity (Wildman–Crippen MR) is 66.8 cm³/mol. The predicted octanol–water partition coefficient (Wildman–Crippen LogP) is 2.33. The van der Waals surface area contributed by atoms with E-state index < -0.39 is 0 Å². The summed E-state index contributed by atoms with van der Waals surface area (Å²) in [6.45, 7) is 0.453. The lowest BCUT2D eigenvalue weighted by molar-refractivity contribution is -0.117. The van der Waals surface area contributed by atoms with Crippen molar-refractivity contribution in [2.75, 3.05) is 18.6 Å². The molecule has 1 aromatic rings. The van der Waals surface area contributed by atoms with E-state index in [1.807, 2.05) is 12.1 Å². The number of carbonyl (C=O) groups is 1. The molecule has 0 spiro atoms. The summed E-state index contributed by atoms with van der Waals surface area (Å²) in [4.78, 5) is 13.4. The third-order valence-corrected chi connectivity index (χ3v) is 3.17. The van der Waals surface area contributed by atoms with Crippen molar-refractivity contribution in [1.82, 2.24) is 0 Å². The number of carbonyl (C=O) groups excluding carboxylic acids is 1. The van der Waals surface area contributed by atoms with E-state index in [-0.39, 0.29) is 11.8 Å². The summed E-state index contributed by atoms with van der Waals surface area (Å²) >= 11 is 3.37. The van der Waals surface area contributed by atoms with Crippen LogP contribution < -0.4 is 9.64 Å². The minimum Gasteiger partial charge on any atom is -0.497 e. The zero-order valence-corrected chi connectivity index (χ0v) is 10.9. The van der Waals surface area contributed by atoms with E-state index in [0.29, 0.717) is 18.7 Å². The second kappa shape index (κ2) is 4.76. The lowest BCUT2D eigenvalue weighted by atomic mass is 10.1. The van der Waals surface area contributed by atoms with Gasteiger partial charge in [-0.05, 0) is 12.1 Å². The van der Waals surface area contributed by atoms with Crippen LogP contribution in [0.5, 0.6) is 5.75 Å². The lowest BCUT2D eigenvalue weighted by Gasteiger charge is -2.17. The first-order valence-electron chi connectivity index (χ1n) is 5.18. The molecule has 1 saturated heterocycles. The van der Waals surface area contributed by atoms with Crippen molar-refractivity contribution in [2.24, 2.45) is 5.92 Å². The molecule has 1 aliphatic rings. The van der Waals surface area contributed by atoms with Crippen LogP contribution in [0.25, 0.3) is 0 Å². The van der Waals surface area contributed by atoms with Gasteiger partial charge in [0.1, 0.15) is 5.75 Å². The Balaban J connectivity index is 2.32. The Labute approximate surface area is 108 Å². The zero-order chi connectivity index (χ0) is 12.4. The second-order valence-electron chi connectivity index (χ2n) is 3.88. The zero-order valence-electron chi connectivity index (χ0n) is 9.31. The van der Waals surface area contributed by atoms with Crippen LogP contribution >= 0.6 is 15.9 Å². The summed E-state index contributed by atoms with van der Waals surface area (Å²) in [6.07, 6.45) is 0.297. The van der Waals surface area contributed by atoms with Crippen LogP contribution in [0.2, 0.25) is 0 Å². The summed E-state index contributed by atoms with van der Waals surface area (Å²) in [5.41, 5.74) is 0.763. The first-order valence-corrected chi connectivity index (χ1v) is 5.98. The third-order valence-electron chi connectivity index (χ3n) is 2.71. The molecule has 88 valence electrons. The van der Waals surface area contributed by atoms with Gasteiger partial charge >= 0.3 is 0 Å². The largest absolute Gasteiger partial charge is 0.497 e.